The summed E-state index contributed by atoms with van der Waals surface area (Å²) >= 11 is 0. The van der Waals surface area contributed by atoms with Crippen LogP contribution in [0.1, 0.15) is 310 Å². The third-order valence-electron chi connectivity index (χ3n) is 13.4. The van der Waals surface area contributed by atoms with E-state index in [4.69, 9.17) is 14.2 Å². The Morgan fingerprint density at radius 2 is 0.542 bits per heavy atom. The number of carbonyl (C=O) groups excluding carboxylic acids is 3. The summed E-state index contributed by atoms with van der Waals surface area (Å²) < 4.78 is 16.8. The summed E-state index contributed by atoms with van der Waals surface area (Å²) in [6.45, 7) is 6.46. The number of unbranched alkanes of at least 4 members (excludes halogenated alkanes) is 33. The maximum Gasteiger partial charge on any atom is 0.306 e. The molecule has 0 aliphatic rings. The molecule has 6 nitrogen and oxygen atoms in total. The van der Waals surface area contributed by atoms with Crippen molar-refractivity contribution in [3.05, 3.63) is 72.9 Å². The highest BCUT2D eigenvalue weighted by molar-refractivity contribution is 5.71. The highest BCUT2D eigenvalue weighted by Gasteiger charge is 2.19. The Morgan fingerprint density at radius 3 is 0.861 bits per heavy atom. The van der Waals surface area contributed by atoms with Crippen LogP contribution in [0.25, 0.3) is 0 Å². The van der Waals surface area contributed by atoms with Gasteiger partial charge in [-0.3, -0.25) is 14.4 Å². The Balaban J connectivity index is 3.99. The summed E-state index contributed by atoms with van der Waals surface area (Å²) in [7, 11) is 0. The lowest BCUT2D eigenvalue weighted by Gasteiger charge is -2.18. The van der Waals surface area contributed by atoms with Crippen molar-refractivity contribution in [1.29, 1.82) is 0 Å². The summed E-state index contributed by atoms with van der Waals surface area (Å²) in [6.07, 6.45) is 78.1. The van der Waals surface area contributed by atoms with E-state index in [0.717, 1.165) is 96.3 Å². The molecule has 0 saturated carbocycles. The Hall–Kier alpha value is -3.15. The van der Waals surface area contributed by atoms with Gasteiger partial charge in [-0.15, -0.1) is 0 Å². The minimum absolute atomic E-state index is 0.0743. The average Bonchev–Trinajstić information content (AvgIpc) is 3.38. The quantitative estimate of drug-likeness (QED) is 0.0261. The minimum atomic E-state index is -0.772. The zero-order valence-corrected chi connectivity index (χ0v) is 47.7. The van der Waals surface area contributed by atoms with Crippen molar-refractivity contribution in [1.82, 2.24) is 0 Å². The van der Waals surface area contributed by atoms with Gasteiger partial charge in [0.25, 0.3) is 0 Å². The topological polar surface area (TPSA) is 78.9 Å². The van der Waals surface area contributed by atoms with Crippen molar-refractivity contribution in [3.8, 4) is 0 Å². The van der Waals surface area contributed by atoms with E-state index < -0.39 is 6.10 Å². The van der Waals surface area contributed by atoms with Gasteiger partial charge in [0.2, 0.25) is 0 Å². The van der Waals surface area contributed by atoms with Crippen LogP contribution in [0.15, 0.2) is 72.9 Å². The molecule has 6 heteroatoms. The summed E-state index contributed by atoms with van der Waals surface area (Å²) in [5.74, 6) is -0.881. The molecule has 0 spiro atoms. The summed E-state index contributed by atoms with van der Waals surface area (Å²) in [5, 5.41) is 0. The van der Waals surface area contributed by atoms with Crippen LogP contribution in [0, 0.1) is 0 Å². The van der Waals surface area contributed by atoms with Crippen LogP contribution in [0.3, 0.4) is 0 Å². The second-order valence-corrected chi connectivity index (χ2v) is 20.6. The molecule has 0 saturated heterocycles. The van der Waals surface area contributed by atoms with Gasteiger partial charge in [0.05, 0.1) is 0 Å². The molecule has 0 radical (unpaired) electrons. The number of hydrogen-bond donors (Lipinski definition) is 0. The maximum atomic E-state index is 12.8. The normalized spacial score (nSPS) is 12.5. The van der Waals surface area contributed by atoms with E-state index >= 15 is 0 Å². The molecule has 1 atom stereocenters. The molecular formula is C66H116O6. The Morgan fingerprint density at radius 1 is 0.292 bits per heavy atom. The highest BCUT2D eigenvalue weighted by atomic mass is 16.6. The molecule has 0 amide bonds. The van der Waals surface area contributed by atoms with Crippen molar-refractivity contribution in [2.45, 2.75) is 316 Å². The number of esters is 3. The lowest BCUT2D eigenvalue weighted by Crippen LogP contribution is -2.30. The molecule has 0 bridgehead atoms. The zero-order chi connectivity index (χ0) is 52.2. The van der Waals surface area contributed by atoms with E-state index in [2.05, 4.69) is 93.7 Å². The van der Waals surface area contributed by atoms with E-state index in [-0.39, 0.29) is 31.1 Å². The molecule has 1 unspecified atom stereocenters. The first kappa shape index (κ1) is 68.8. The number of allylic oxidation sites excluding steroid dienone is 12. The molecule has 0 aliphatic carbocycles. The molecule has 0 fully saturated rings. The molecule has 416 valence electrons. The number of carbonyl (C=O) groups is 3. The average molecular weight is 1010 g/mol. The molecule has 0 aromatic carbocycles. The third kappa shape index (κ3) is 57.7. The molecule has 0 rings (SSSR count). The SMILES string of the molecule is CC/C=C\C/C=C\C/C=C\C/C=C\C/C=C\CCCCCCCCCCCCCCCCCC(=O)OCC(COC(=O)CCCCCCC)OC(=O)CCCCCCCCC/C=C\CCCCCCCCC. The van der Waals surface area contributed by atoms with Crippen molar-refractivity contribution in [2.75, 3.05) is 13.2 Å². The fourth-order valence-corrected chi connectivity index (χ4v) is 8.82. The lowest BCUT2D eigenvalue weighted by molar-refractivity contribution is -0.167. The molecule has 0 aromatic heterocycles. The van der Waals surface area contributed by atoms with Gasteiger partial charge in [0.1, 0.15) is 13.2 Å². The van der Waals surface area contributed by atoms with Crippen molar-refractivity contribution in [2.24, 2.45) is 0 Å². The number of hydrogen-bond acceptors (Lipinski definition) is 6. The smallest absolute Gasteiger partial charge is 0.306 e. The van der Waals surface area contributed by atoms with Crippen LogP contribution in [-0.4, -0.2) is 37.2 Å². The van der Waals surface area contributed by atoms with Crippen LogP contribution in [0.4, 0.5) is 0 Å². The number of rotatable bonds is 56. The van der Waals surface area contributed by atoms with Gasteiger partial charge >= 0.3 is 17.9 Å². The molecular weight excluding hydrogens is 889 g/mol. The van der Waals surface area contributed by atoms with E-state index in [0.29, 0.717) is 19.3 Å². The third-order valence-corrected chi connectivity index (χ3v) is 13.4. The molecule has 0 aromatic rings. The Labute approximate surface area is 446 Å². The fourth-order valence-electron chi connectivity index (χ4n) is 8.82. The molecule has 0 aliphatic heterocycles. The van der Waals surface area contributed by atoms with E-state index in [1.807, 2.05) is 0 Å². The molecule has 0 heterocycles. The largest absolute Gasteiger partial charge is 0.462 e. The van der Waals surface area contributed by atoms with Gasteiger partial charge in [-0.1, -0.05) is 273 Å². The van der Waals surface area contributed by atoms with Gasteiger partial charge in [0, 0.05) is 19.3 Å². The van der Waals surface area contributed by atoms with Gasteiger partial charge in [-0.05, 0) is 89.9 Å². The predicted octanol–water partition coefficient (Wildman–Crippen LogP) is 20.9. The Kier molecular flexibility index (Phi) is 57.8. The summed E-state index contributed by atoms with van der Waals surface area (Å²) in [5.41, 5.74) is 0. The minimum Gasteiger partial charge on any atom is -0.462 e. The first-order chi connectivity index (χ1) is 35.5. The van der Waals surface area contributed by atoms with E-state index in [1.54, 1.807) is 0 Å². The highest BCUT2D eigenvalue weighted by Crippen LogP contribution is 2.16. The first-order valence-corrected chi connectivity index (χ1v) is 30.9. The first-order valence-electron chi connectivity index (χ1n) is 30.9. The van der Waals surface area contributed by atoms with Crippen molar-refractivity contribution < 1.29 is 28.6 Å². The predicted molar refractivity (Wildman–Crippen MR) is 311 cm³/mol. The lowest BCUT2D eigenvalue weighted by atomic mass is 10.0. The zero-order valence-electron chi connectivity index (χ0n) is 47.7. The second-order valence-electron chi connectivity index (χ2n) is 20.6. The van der Waals surface area contributed by atoms with Crippen LogP contribution in [0.2, 0.25) is 0 Å². The van der Waals surface area contributed by atoms with Gasteiger partial charge in [-0.25, -0.2) is 0 Å². The standard InChI is InChI=1S/C66H116O6/c1-4-7-10-13-15-17-19-21-23-25-27-28-29-30-31-32-33-34-35-36-37-38-39-41-42-44-46-48-50-53-56-59-65(68)71-62-63(61-70-64(67)58-55-52-12-9-6-3)72-66(69)60-57-54-51-49-47-45-43-40-26-24-22-20-18-16-14-11-8-5-2/h7,10,15,17,21,23-24,26-28,30-31,63H,4-6,8-9,11-14,16,18-20,22,25,29,32-62H2,1-3H3/b10-7-,17-15-,23-21-,26-24-,28-27-,31-30-. The van der Waals surface area contributed by atoms with Crippen LogP contribution in [0.5, 0.6) is 0 Å². The molecule has 0 N–H and O–H groups in total. The van der Waals surface area contributed by atoms with Crippen molar-refractivity contribution in [3.63, 3.8) is 0 Å². The maximum absolute atomic E-state index is 12.8. The van der Waals surface area contributed by atoms with Crippen molar-refractivity contribution >= 4 is 17.9 Å². The van der Waals surface area contributed by atoms with Crippen LogP contribution in [-0.2, 0) is 28.6 Å². The van der Waals surface area contributed by atoms with E-state index in [9.17, 15) is 14.4 Å². The fraction of sp³-hybridized carbons (Fsp3) is 0.773. The van der Waals surface area contributed by atoms with E-state index in [1.165, 1.54) is 173 Å². The number of ether oxygens (including phenoxy) is 3. The van der Waals surface area contributed by atoms with Crippen LogP contribution >= 0.6 is 0 Å². The van der Waals surface area contributed by atoms with Gasteiger partial charge in [0.15, 0.2) is 6.10 Å². The molecule has 72 heavy (non-hydrogen) atoms. The summed E-state index contributed by atoms with van der Waals surface area (Å²) in [4.78, 5) is 37.9. The van der Waals surface area contributed by atoms with Crippen LogP contribution < -0.4 is 0 Å². The van der Waals surface area contributed by atoms with Gasteiger partial charge < -0.3 is 14.2 Å². The monoisotopic (exact) mass is 1000 g/mol. The van der Waals surface area contributed by atoms with Gasteiger partial charge in [-0.2, -0.15) is 0 Å². The Bertz CT molecular complexity index is 1340. The second kappa shape index (κ2) is 60.4. The summed E-state index contributed by atoms with van der Waals surface area (Å²) in [6, 6.07) is 0.